The van der Waals surface area contributed by atoms with Crippen LogP contribution in [0.1, 0.15) is 30.8 Å². The van der Waals surface area contributed by atoms with E-state index in [1.165, 1.54) is 29.8 Å². The molecule has 0 fully saturated rings. The molecule has 12 heavy (non-hydrogen) atoms. The van der Waals surface area contributed by atoms with Crippen LogP contribution in [0.2, 0.25) is 0 Å². The molecule has 2 heteroatoms. The number of aryl methyl sites for hydroxylation is 1. The molecule has 2 nitrogen and oxygen atoms in total. The highest BCUT2D eigenvalue weighted by Crippen LogP contribution is 2.31. The molecule has 0 spiro atoms. The second-order valence-corrected chi connectivity index (χ2v) is 4.19. The van der Waals surface area contributed by atoms with E-state index in [2.05, 4.69) is 31.0 Å². The van der Waals surface area contributed by atoms with Crippen molar-refractivity contribution in [3.05, 3.63) is 17.0 Å². The second kappa shape index (κ2) is 2.61. The summed E-state index contributed by atoms with van der Waals surface area (Å²) in [6.45, 7) is 6.72. The smallest absolute Gasteiger partial charge is 0.0659 e. The number of nitrogens with zero attached hydrogens (tertiary/aromatic N) is 1. The molecule has 1 aromatic rings. The maximum atomic E-state index is 4.30. The SMILES string of the molecule is Cc1[nH]nc2c1CC(C(C)C)C2. The molecule has 1 heterocycles. The third kappa shape index (κ3) is 1.06. The van der Waals surface area contributed by atoms with Gasteiger partial charge in [0.25, 0.3) is 0 Å². The Kier molecular flexibility index (Phi) is 1.71. The molecule has 2 rings (SSSR count). The first-order valence-electron chi connectivity index (χ1n) is 4.71. The summed E-state index contributed by atoms with van der Waals surface area (Å²) in [5, 5.41) is 7.35. The maximum Gasteiger partial charge on any atom is 0.0659 e. The molecule has 1 atom stereocenters. The van der Waals surface area contributed by atoms with Gasteiger partial charge < -0.3 is 0 Å². The van der Waals surface area contributed by atoms with Crippen LogP contribution in [0, 0.1) is 18.8 Å². The first-order chi connectivity index (χ1) is 5.68. The van der Waals surface area contributed by atoms with Gasteiger partial charge >= 0.3 is 0 Å². The van der Waals surface area contributed by atoms with Gasteiger partial charge in [0.1, 0.15) is 0 Å². The van der Waals surface area contributed by atoms with Crippen molar-refractivity contribution in [2.24, 2.45) is 11.8 Å². The van der Waals surface area contributed by atoms with Crippen LogP contribution in [0.5, 0.6) is 0 Å². The Hall–Kier alpha value is -0.790. The molecule has 1 unspecified atom stereocenters. The Morgan fingerprint density at radius 1 is 1.42 bits per heavy atom. The molecule has 0 saturated carbocycles. The number of fused-ring (bicyclic) bond motifs is 1. The van der Waals surface area contributed by atoms with Crippen molar-refractivity contribution >= 4 is 0 Å². The quantitative estimate of drug-likeness (QED) is 0.676. The Labute approximate surface area is 73.4 Å². The zero-order chi connectivity index (χ0) is 8.72. The molecule has 0 radical (unpaired) electrons. The van der Waals surface area contributed by atoms with Crippen molar-refractivity contribution in [1.29, 1.82) is 0 Å². The number of aromatic amines is 1. The standard InChI is InChI=1S/C10H16N2/c1-6(2)8-4-9-7(3)11-12-10(9)5-8/h6,8H,4-5H2,1-3H3,(H,11,12). The van der Waals surface area contributed by atoms with E-state index in [0.29, 0.717) is 0 Å². The molecule has 1 aromatic heterocycles. The molecule has 0 aliphatic heterocycles. The van der Waals surface area contributed by atoms with Crippen molar-refractivity contribution in [2.75, 3.05) is 0 Å². The van der Waals surface area contributed by atoms with E-state index in [-0.39, 0.29) is 0 Å². The fraction of sp³-hybridized carbons (Fsp3) is 0.700. The molecule has 0 aromatic carbocycles. The van der Waals surface area contributed by atoms with Crippen molar-refractivity contribution in [3.8, 4) is 0 Å². The summed E-state index contributed by atoms with van der Waals surface area (Å²) in [5.41, 5.74) is 4.06. The van der Waals surface area contributed by atoms with E-state index < -0.39 is 0 Å². The lowest BCUT2D eigenvalue weighted by atomic mass is 9.93. The number of H-pyrrole nitrogens is 1. The Bertz CT molecular complexity index is 286. The molecule has 0 bridgehead atoms. The van der Waals surface area contributed by atoms with Crippen LogP contribution in [-0.2, 0) is 12.8 Å². The lowest BCUT2D eigenvalue weighted by molar-refractivity contribution is 0.400. The summed E-state index contributed by atoms with van der Waals surface area (Å²) >= 11 is 0. The van der Waals surface area contributed by atoms with Crippen LogP contribution in [-0.4, -0.2) is 10.2 Å². The zero-order valence-electron chi connectivity index (χ0n) is 8.02. The Morgan fingerprint density at radius 2 is 2.17 bits per heavy atom. The molecule has 66 valence electrons. The first-order valence-corrected chi connectivity index (χ1v) is 4.71. The van der Waals surface area contributed by atoms with Crippen LogP contribution in [0.3, 0.4) is 0 Å². The number of aromatic nitrogens is 2. The van der Waals surface area contributed by atoms with Gasteiger partial charge in [-0.05, 0) is 37.2 Å². The summed E-state index contributed by atoms with van der Waals surface area (Å²) < 4.78 is 0. The largest absolute Gasteiger partial charge is 0.282 e. The minimum Gasteiger partial charge on any atom is -0.282 e. The van der Waals surface area contributed by atoms with E-state index in [1.807, 2.05) is 0 Å². The first kappa shape index (κ1) is 7.84. The van der Waals surface area contributed by atoms with Crippen molar-refractivity contribution in [1.82, 2.24) is 10.2 Å². The summed E-state index contributed by atoms with van der Waals surface area (Å²) in [6.07, 6.45) is 2.41. The van der Waals surface area contributed by atoms with Crippen LogP contribution in [0.25, 0.3) is 0 Å². The van der Waals surface area contributed by atoms with Crippen molar-refractivity contribution in [3.63, 3.8) is 0 Å². The Balaban J connectivity index is 2.22. The van der Waals surface area contributed by atoms with E-state index >= 15 is 0 Å². The van der Waals surface area contributed by atoms with Gasteiger partial charge in [-0.3, -0.25) is 5.10 Å². The number of rotatable bonds is 1. The predicted molar refractivity (Wildman–Crippen MR) is 49.1 cm³/mol. The molecule has 1 aliphatic rings. The lowest BCUT2D eigenvalue weighted by Crippen LogP contribution is -2.08. The third-order valence-electron chi connectivity index (χ3n) is 3.02. The van der Waals surface area contributed by atoms with E-state index in [0.717, 1.165) is 11.8 Å². The normalized spacial score (nSPS) is 21.8. The average Bonchev–Trinajstić information content (AvgIpc) is 2.53. The third-order valence-corrected chi connectivity index (χ3v) is 3.02. The van der Waals surface area contributed by atoms with Gasteiger partial charge in [-0.25, -0.2) is 0 Å². The number of hydrogen-bond donors (Lipinski definition) is 1. The van der Waals surface area contributed by atoms with Crippen LogP contribution in [0.15, 0.2) is 0 Å². The van der Waals surface area contributed by atoms with E-state index in [4.69, 9.17) is 0 Å². The molecule has 0 saturated heterocycles. The zero-order valence-corrected chi connectivity index (χ0v) is 8.02. The summed E-state index contributed by atoms with van der Waals surface area (Å²) in [5.74, 6) is 1.62. The average molecular weight is 164 g/mol. The van der Waals surface area contributed by atoms with Gasteiger partial charge in [0, 0.05) is 5.69 Å². The minimum atomic E-state index is 0.790. The highest BCUT2D eigenvalue weighted by Gasteiger charge is 2.27. The van der Waals surface area contributed by atoms with Crippen molar-refractivity contribution < 1.29 is 0 Å². The van der Waals surface area contributed by atoms with E-state index in [1.54, 1.807) is 0 Å². The fourth-order valence-electron chi connectivity index (χ4n) is 2.00. The summed E-state index contributed by atoms with van der Waals surface area (Å²) in [6, 6.07) is 0. The highest BCUT2D eigenvalue weighted by atomic mass is 15.1. The second-order valence-electron chi connectivity index (χ2n) is 4.19. The molecule has 1 N–H and O–H groups in total. The Morgan fingerprint density at radius 3 is 2.75 bits per heavy atom. The van der Waals surface area contributed by atoms with Crippen LogP contribution >= 0.6 is 0 Å². The summed E-state index contributed by atoms with van der Waals surface area (Å²) in [7, 11) is 0. The van der Waals surface area contributed by atoms with Gasteiger partial charge in [-0.2, -0.15) is 5.10 Å². The molecule has 1 aliphatic carbocycles. The van der Waals surface area contributed by atoms with Crippen LogP contribution < -0.4 is 0 Å². The number of hydrogen-bond acceptors (Lipinski definition) is 1. The van der Waals surface area contributed by atoms with Crippen molar-refractivity contribution in [2.45, 2.75) is 33.6 Å². The van der Waals surface area contributed by atoms with Gasteiger partial charge in [0.05, 0.1) is 5.69 Å². The maximum absolute atomic E-state index is 4.30. The molecule has 0 amide bonds. The lowest BCUT2D eigenvalue weighted by Gasteiger charge is -2.12. The minimum absolute atomic E-state index is 0.790. The van der Waals surface area contributed by atoms with Gasteiger partial charge in [0.15, 0.2) is 0 Å². The monoisotopic (exact) mass is 164 g/mol. The topological polar surface area (TPSA) is 28.7 Å². The van der Waals surface area contributed by atoms with Gasteiger partial charge in [0.2, 0.25) is 0 Å². The van der Waals surface area contributed by atoms with E-state index in [9.17, 15) is 0 Å². The summed E-state index contributed by atoms with van der Waals surface area (Å²) in [4.78, 5) is 0. The highest BCUT2D eigenvalue weighted by molar-refractivity contribution is 5.29. The van der Waals surface area contributed by atoms with Gasteiger partial charge in [-0.1, -0.05) is 13.8 Å². The number of nitrogens with one attached hydrogen (secondary N) is 1. The van der Waals surface area contributed by atoms with Crippen LogP contribution in [0.4, 0.5) is 0 Å². The fourth-order valence-corrected chi connectivity index (χ4v) is 2.00. The molecular weight excluding hydrogens is 148 g/mol. The predicted octanol–water partition coefficient (Wildman–Crippen LogP) is 2.09. The van der Waals surface area contributed by atoms with Gasteiger partial charge in [-0.15, -0.1) is 0 Å². The molecular formula is C10H16N2.